The second kappa shape index (κ2) is 6.37. The maximum absolute atomic E-state index is 12.1. The molecule has 0 heterocycles. The number of carboxylic acids is 1. The van der Waals surface area contributed by atoms with Crippen LogP contribution in [0.1, 0.15) is 52.9 Å². The van der Waals surface area contributed by atoms with Crippen molar-refractivity contribution in [3.05, 3.63) is 0 Å². The molecule has 2 unspecified atom stereocenters. The molecule has 1 rings (SSSR count). The highest BCUT2D eigenvalue weighted by Crippen LogP contribution is 2.25. The Hall–Kier alpha value is -1.10. The first-order valence-corrected chi connectivity index (χ1v) is 7.02. The fourth-order valence-corrected chi connectivity index (χ4v) is 2.44. The summed E-state index contributed by atoms with van der Waals surface area (Å²) in [6.07, 6.45) is 4.25. The average Bonchev–Trinajstić information content (AvgIpc) is 2.52. The van der Waals surface area contributed by atoms with Crippen molar-refractivity contribution in [3.8, 4) is 0 Å². The van der Waals surface area contributed by atoms with Gasteiger partial charge in [-0.05, 0) is 18.3 Å². The van der Waals surface area contributed by atoms with Gasteiger partial charge < -0.3 is 16.2 Å². The average molecular weight is 270 g/mol. The Kier molecular flexibility index (Phi) is 5.35. The highest BCUT2D eigenvalue weighted by atomic mass is 16.4. The second-order valence-electron chi connectivity index (χ2n) is 6.54. The molecular formula is C14H26N2O3. The van der Waals surface area contributed by atoms with Gasteiger partial charge in [0.05, 0.1) is 12.0 Å². The molecule has 1 aliphatic rings. The number of carboxylic acid groups (broad SMARTS) is 1. The minimum Gasteiger partial charge on any atom is -0.481 e. The highest BCUT2D eigenvalue weighted by molar-refractivity contribution is 5.83. The summed E-state index contributed by atoms with van der Waals surface area (Å²) in [5.41, 5.74) is 5.59. The number of amides is 1. The Morgan fingerprint density at radius 2 is 1.79 bits per heavy atom. The van der Waals surface area contributed by atoms with Gasteiger partial charge in [0.15, 0.2) is 0 Å². The Morgan fingerprint density at radius 1 is 1.21 bits per heavy atom. The van der Waals surface area contributed by atoms with Crippen molar-refractivity contribution in [1.29, 1.82) is 0 Å². The van der Waals surface area contributed by atoms with E-state index in [1.165, 1.54) is 0 Å². The minimum absolute atomic E-state index is 0.245. The van der Waals surface area contributed by atoms with Crippen LogP contribution in [0.15, 0.2) is 0 Å². The van der Waals surface area contributed by atoms with Gasteiger partial charge in [0.25, 0.3) is 0 Å². The number of nitrogens with two attached hydrogens (primary N) is 1. The summed E-state index contributed by atoms with van der Waals surface area (Å²) >= 11 is 0. The zero-order valence-corrected chi connectivity index (χ0v) is 12.1. The van der Waals surface area contributed by atoms with Gasteiger partial charge in [-0.1, -0.05) is 40.0 Å². The van der Waals surface area contributed by atoms with Crippen molar-refractivity contribution in [2.45, 2.75) is 65.0 Å². The van der Waals surface area contributed by atoms with Crippen molar-refractivity contribution in [1.82, 2.24) is 5.32 Å². The van der Waals surface area contributed by atoms with Crippen LogP contribution in [0.2, 0.25) is 0 Å². The van der Waals surface area contributed by atoms with Crippen molar-refractivity contribution < 1.29 is 14.7 Å². The molecular weight excluding hydrogens is 244 g/mol. The Bertz CT molecular complexity index is 336. The number of hydrogen-bond donors (Lipinski definition) is 3. The zero-order valence-electron chi connectivity index (χ0n) is 12.1. The van der Waals surface area contributed by atoms with Crippen molar-refractivity contribution in [2.24, 2.45) is 17.1 Å². The molecule has 0 saturated heterocycles. The largest absolute Gasteiger partial charge is 0.481 e. The first-order chi connectivity index (χ1) is 8.73. The molecule has 1 aliphatic carbocycles. The predicted molar refractivity (Wildman–Crippen MR) is 73.6 cm³/mol. The normalized spacial score (nSPS) is 26.3. The van der Waals surface area contributed by atoms with Gasteiger partial charge in [0, 0.05) is 6.04 Å². The van der Waals surface area contributed by atoms with Crippen molar-refractivity contribution in [2.75, 3.05) is 0 Å². The topological polar surface area (TPSA) is 92.4 Å². The Labute approximate surface area is 114 Å². The summed E-state index contributed by atoms with van der Waals surface area (Å²) in [6.45, 7) is 5.71. The summed E-state index contributed by atoms with van der Waals surface area (Å²) in [6, 6.07) is -0.911. The molecule has 5 nitrogen and oxygen atoms in total. The van der Waals surface area contributed by atoms with Crippen LogP contribution in [0.25, 0.3) is 0 Å². The standard InChI is InChI=1S/C14H26N2O3/c1-14(2,3)11(15)12(17)16-10-8-6-4-5-7-9(10)13(18)19/h9-11H,4-8,15H2,1-3H3,(H,16,17)(H,18,19)/t9?,10?,11-/m0/s1. The molecule has 0 radical (unpaired) electrons. The Balaban J connectivity index is 2.71. The SMILES string of the molecule is CC(C)(C)[C@@H](N)C(=O)NC1CCCCCC1C(=O)O. The molecule has 3 atom stereocenters. The predicted octanol–water partition coefficient (Wildman–Crippen LogP) is 1.51. The number of hydrogen-bond acceptors (Lipinski definition) is 3. The second-order valence-corrected chi connectivity index (χ2v) is 6.54. The van der Waals surface area contributed by atoms with Crippen LogP contribution in [-0.4, -0.2) is 29.1 Å². The number of nitrogens with one attached hydrogen (secondary N) is 1. The van der Waals surface area contributed by atoms with Gasteiger partial charge in [-0.3, -0.25) is 9.59 Å². The number of carbonyl (C=O) groups excluding carboxylic acids is 1. The van der Waals surface area contributed by atoms with E-state index >= 15 is 0 Å². The fourth-order valence-electron chi connectivity index (χ4n) is 2.44. The van der Waals surface area contributed by atoms with E-state index in [0.717, 1.165) is 25.7 Å². The van der Waals surface area contributed by atoms with Gasteiger partial charge in [0.2, 0.25) is 5.91 Å². The van der Waals surface area contributed by atoms with Crippen LogP contribution in [-0.2, 0) is 9.59 Å². The molecule has 5 heteroatoms. The third-order valence-electron chi connectivity index (χ3n) is 3.88. The number of carbonyl (C=O) groups is 2. The fraction of sp³-hybridized carbons (Fsp3) is 0.857. The maximum Gasteiger partial charge on any atom is 0.308 e. The summed E-state index contributed by atoms with van der Waals surface area (Å²) in [5, 5.41) is 12.1. The number of rotatable bonds is 3. The third-order valence-corrected chi connectivity index (χ3v) is 3.88. The third kappa shape index (κ3) is 4.49. The van der Waals surface area contributed by atoms with E-state index in [2.05, 4.69) is 5.32 Å². The lowest BCUT2D eigenvalue weighted by atomic mass is 9.86. The smallest absolute Gasteiger partial charge is 0.308 e. The zero-order chi connectivity index (χ0) is 14.6. The molecule has 0 spiro atoms. The first-order valence-electron chi connectivity index (χ1n) is 7.02. The molecule has 0 aromatic carbocycles. The first kappa shape index (κ1) is 16.0. The van der Waals surface area contributed by atoms with Crippen LogP contribution in [0.4, 0.5) is 0 Å². The van der Waals surface area contributed by atoms with E-state index < -0.39 is 17.9 Å². The van der Waals surface area contributed by atoms with Gasteiger partial charge in [-0.15, -0.1) is 0 Å². The van der Waals surface area contributed by atoms with E-state index in [4.69, 9.17) is 5.73 Å². The molecule has 1 amide bonds. The van der Waals surface area contributed by atoms with Crippen LogP contribution in [0.5, 0.6) is 0 Å². The van der Waals surface area contributed by atoms with Gasteiger partial charge in [-0.2, -0.15) is 0 Å². The van der Waals surface area contributed by atoms with E-state index in [0.29, 0.717) is 6.42 Å². The van der Waals surface area contributed by atoms with E-state index in [1.807, 2.05) is 20.8 Å². The monoisotopic (exact) mass is 270 g/mol. The summed E-state index contributed by atoms with van der Waals surface area (Å²) in [5.74, 6) is -1.55. The Morgan fingerprint density at radius 3 is 2.32 bits per heavy atom. The van der Waals surface area contributed by atoms with E-state index in [9.17, 15) is 14.7 Å². The van der Waals surface area contributed by atoms with Gasteiger partial charge in [0.1, 0.15) is 0 Å². The lowest BCUT2D eigenvalue weighted by molar-refractivity contribution is -0.143. The molecule has 110 valence electrons. The quantitative estimate of drug-likeness (QED) is 0.678. The van der Waals surface area contributed by atoms with Crippen LogP contribution in [0, 0.1) is 11.3 Å². The number of aliphatic carboxylic acids is 1. The maximum atomic E-state index is 12.1. The van der Waals surface area contributed by atoms with Gasteiger partial charge >= 0.3 is 5.97 Å². The lowest BCUT2D eigenvalue weighted by Gasteiger charge is -2.29. The van der Waals surface area contributed by atoms with Crippen LogP contribution >= 0.6 is 0 Å². The molecule has 0 bridgehead atoms. The minimum atomic E-state index is -0.823. The van der Waals surface area contributed by atoms with Gasteiger partial charge in [-0.25, -0.2) is 0 Å². The molecule has 1 saturated carbocycles. The van der Waals surface area contributed by atoms with Crippen molar-refractivity contribution >= 4 is 11.9 Å². The molecule has 19 heavy (non-hydrogen) atoms. The molecule has 0 aromatic rings. The molecule has 1 fully saturated rings. The van der Waals surface area contributed by atoms with Crippen LogP contribution < -0.4 is 11.1 Å². The van der Waals surface area contributed by atoms with Crippen LogP contribution in [0.3, 0.4) is 0 Å². The highest BCUT2D eigenvalue weighted by Gasteiger charge is 2.34. The van der Waals surface area contributed by atoms with Crippen molar-refractivity contribution in [3.63, 3.8) is 0 Å². The lowest BCUT2D eigenvalue weighted by Crippen LogP contribution is -2.53. The molecule has 0 aliphatic heterocycles. The van der Waals surface area contributed by atoms with E-state index in [1.54, 1.807) is 0 Å². The van der Waals surface area contributed by atoms with E-state index in [-0.39, 0.29) is 17.4 Å². The molecule has 4 N–H and O–H groups in total. The molecule has 0 aromatic heterocycles. The summed E-state index contributed by atoms with van der Waals surface area (Å²) < 4.78 is 0. The summed E-state index contributed by atoms with van der Waals surface area (Å²) in [4.78, 5) is 23.4. The summed E-state index contributed by atoms with van der Waals surface area (Å²) in [7, 11) is 0.